The van der Waals surface area contributed by atoms with Gasteiger partial charge in [0, 0.05) is 45.7 Å². The molecule has 1 unspecified atom stereocenters. The van der Waals surface area contributed by atoms with Crippen molar-refractivity contribution in [3.05, 3.63) is 29.8 Å². The number of carbonyl (C=O) groups is 1. The molecule has 1 heterocycles. The van der Waals surface area contributed by atoms with Crippen molar-refractivity contribution < 1.29 is 9.53 Å². The number of hydrogen-bond acceptors (Lipinski definition) is 4. The average Bonchev–Trinajstić information content (AvgIpc) is 2.49. The van der Waals surface area contributed by atoms with Crippen molar-refractivity contribution in [2.75, 3.05) is 39.8 Å². The Balaban J connectivity index is 2.03. The molecular formula is C15H23N3O2. The third-order valence-corrected chi connectivity index (χ3v) is 3.92. The summed E-state index contributed by atoms with van der Waals surface area (Å²) in [5.41, 5.74) is 7.15. The first-order valence-corrected chi connectivity index (χ1v) is 6.99. The Bertz CT molecular complexity index is 439. The van der Waals surface area contributed by atoms with E-state index in [1.54, 1.807) is 14.0 Å². The predicted octanol–water partition coefficient (Wildman–Crippen LogP) is 0.859. The SMILES string of the molecule is COc1ccc(C(CN)N2CCN(C(C)=O)CC2)cc1. The Morgan fingerprint density at radius 3 is 2.30 bits per heavy atom. The molecule has 1 aliphatic rings. The fourth-order valence-electron chi connectivity index (χ4n) is 2.67. The Morgan fingerprint density at radius 1 is 1.25 bits per heavy atom. The zero-order chi connectivity index (χ0) is 14.5. The van der Waals surface area contributed by atoms with Crippen molar-refractivity contribution in [2.45, 2.75) is 13.0 Å². The second-order valence-electron chi connectivity index (χ2n) is 5.07. The van der Waals surface area contributed by atoms with Crippen molar-refractivity contribution in [3.63, 3.8) is 0 Å². The fourth-order valence-corrected chi connectivity index (χ4v) is 2.67. The smallest absolute Gasteiger partial charge is 0.219 e. The molecule has 20 heavy (non-hydrogen) atoms. The van der Waals surface area contributed by atoms with Gasteiger partial charge in [-0.3, -0.25) is 9.69 Å². The molecule has 0 spiro atoms. The van der Waals surface area contributed by atoms with Gasteiger partial charge in [0.15, 0.2) is 0 Å². The first kappa shape index (κ1) is 14.8. The minimum absolute atomic E-state index is 0.151. The average molecular weight is 277 g/mol. The molecule has 0 saturated carbocycles. The molecular weight excluding hydrogens is 254 g/mol. The van der Waals surface area contributed by atoms with Gasteiger partial charge in [-0.15, -0.1) is 0 Å². The Hall–Kier alpha value is -1.59. The number of amides is 1. The second kappa shape index (κ2) is 6.72. The van der Waals surface area contributed by atoms with E-state index in [1.807, 2.05) is 17.0 Å². The lowest BCUT2D eigenvalue weighted by atomic mass is 10.0. The fraction of sp³-hybridized carbons (Fsp3) is 0.533. The lowest BCUT2D eigenvalue weighted by Gasteiger charge is -2.38. The van der Waals surface area contributed by atoms with Gasteiger partial charge >= 0.3 is 0 Å². The van der Waals surface area contributed by atoms with Crippen LogP contribution in [0.5, 0.6) is 5.75 Å². The van der Waals surface area contributed by atoms with Crippen LogP contribution in [0.1, 0.15) is 18.5 Å². The van der Waals surface area contributed by atoms with Crippen LogP contribution in [0.25, 0.3) is 0 Å². The van der Waals surface area contributed by atoms with E-state index in [2.05, 4.69) is 17.0 Å². The number of benzene rings is 1. The van der Waals surface area contributed by atoms with Crippen LogP contribution in [-0.2, 0) is 4.79 Å². The van der Waals surface area contributed by atoms with Crippen molar-refractivity contribution in [2.24, 2.45) is 5.73 Å². The van der Waals surface area contributed by atoms with E-state index in [-0.39, 0.29) is 11.9 Å². The quantitative estimate of drug-likeness (QED) is 0.887. The number of nitrogens with zero attached hydrogens (tertiary/aromatic N) is 2. The van der Waals surface area contributed by atoms with E-state index in [9.17, 15) is 4.79 Å². The minimum atomic E-state index is 0.151. The van der Waals surface area contributed by atoms with Gasteiger partial charge < -0.3 is 15.4 Å². The molecule has 1 amide bonds. The number of nitrogens with two attached hydrogens (primary N) is 1. The van der Waals surface area contributed by atoms with Crippen LogP contribution in [-0.4, -0.2) is 55.5 Å². The third-order valence-electron chi connectivity index (χ3n) is 3.92. The summed E-state index contributed by atoms with van der Waals surface area (Å²) >= 11 is 0. The monoisotopic (exact) mass is 277 g/mol. The summed E-state index contributed by atoms with van der Waals surface area (Å²) in [6, 6.07) is 8.25. The molecule has 1 saturated heterocycles. The number of ether oxygens (including phenoxy) is 1. The van der Waals surface area contributed by atoms with E-state index in [0.29, 0.717) is 6.54 Å². The highest BCUT2D eigenvalue weighted by atomic mass is 16.5. The molecule has 1 aromatic carbocycles. The molecule has 2 rings (SSSR count). The molecule has 5 heteroatoms. The van der Waals surface area contributed by atoms with Gasteiger partial charge in [-0.05, 0) is 17.7 Å². The Kier molecular flexibility index (Phi) is 4.98. The first-order chi connectivity index (χ1) is 9.65. The molecule has 2 N–H and O–H groups in total. The number of carbonyl (C=O) groups excluding carboxylic acids is 1. The molecule has 0 bridgehead atoms. The largest absolute Gasteiger partial charge is 0.497 e. The second-order valence-corrected chi connectivity index (χ2v) is 5.07. The third kappa shape index (κ3) is 3.29. The summed E-state index contributed by atoms with van der Waals surface area (Å²) in [5.74, 6) is 1.00. The summed E-state index contributed by atoms with van der Waals surface area (Å²) < 4.78 is 5.18. The van der Waals surface area contributed by atoms with Crippen molar-refractivity contribution in [1.29, 1.82) is 0 Å². The number of rotatable bonds is 4. The molecule has 0 radical (unpaired) electrons. The van der Waals surface area contributed by atoms with Crippen LogP contribution in [0.2, 0.25) is 0 Å². The van der Waals surface area contributed by atoms with E-state index in [0.717, 1.165) is 31.9 Å². The Morgan fingerprint density at radius 2 is 1.85 bits per heavy atom. The molecule has 1 aromatic rings. The van der Waals surface area contributed by atoms with Crippen LogP contribution in [0.4, 0.5) is 0 Å². The first-order valence-electron chi connectivity index (χ1n) is 6.99. The van der Waals surface area contributed by atoms with E-state index in [1.165, 1.54) is 5.56 Å². The molecule has 1 atom stereocenters. The molecule has 1 fully saturated rings. The van der Waals surface area contributed by atoms with Crippen LogP contribution in [0.15, 0.2) is 24.3 Å². The maximum Gasteiger partial charge on any atom is 0.219 e. The lowest BCUT2D eigenvalue weighted by molar-refractivity contribution is -0.130. The number of piperazine rings is 1. The topological polar surface area (TPSA) is 58.8 Å². The molecule has 0 aliphatic carbocycles. The van der Waals surface area contributed by atoms with Gasteiger partial charge in [0.1, 0.15) is 5.75 Å². The van der Waals surface area contributed by atoms with Gasteiger partial charge in [0.25, 0.3) is 0 Å². The standard InChI is InChI=1S/C15H23N3O2/c1-12(19)17-7-9-18(10-8-17)15(11-16)13-3-5-14(20-2)6-4-13/h3-6,15H,7-11,16H2,1-2H3. The highest BCUT2D eigenvalue weighted by Gasteiger charge is 2.24. The van der Waals surface area contributed by atoms with E-state index < -0.39 is 0 Å². The summed E-state index contributed by atoms with van der Waals surface area (Å²) in [6.45, 7) is 5.50. The van der Waals surface area contributed by atoms with E-state index >= 15 is 0 Å². The minimum Gasteiger partial charge on any atom is -0.497 e. The van der Waals surface area contributed by atoms with Gasteiger partial charge in [-0.25, -0.2) is 0 Å². The zero-order valence-electron chi connectivity index (χ0n) is 12.2. The van der Waals surface area contributed by atoms with Gasteiger partial charge in [-0.1, -0.05) is 12.1 Å². The van der Waals surface area contributed by atoms with Gasteiger partial charge in [-0.2, -0.15) is 0 Å². The summed E-state index contributed by atoms with van der Waals surface area (Å²) in [6.07, 6.45) is 0. The lowest BCUT2D eigenvalue weighted by Crippen LogP contribution is -2.50. The molecule has 0 aromatic heterocycles. The van der Waals surface area contributed by atoms with Gasteiger partial charge in [0.05, 0.1) is 7.11 Å². The normalized spacial score (nSPS) is 17.9. The maximum atomic E-state index is 11.4. The zero-order valence-corrected chi connectivity index (χ0v) is 12.2. The summed E-state index contributed by atoms with van der Waals surface area (Å²) in [4.78, 5) is 15.6. The number of methoxy groups -OCH3 is 1. The van der Waals surface area contributed by atoms with Crippen molar-refractivity contribution in [3.8, 4) is 5.75 Å². The van der Waals surface area contributed by atoms with Crippen LogP contribution >= 0.6 is 0 Å². The molecule has 5 nitrogen and oxygen atoms in total. The highest BCUT2D eigenvalue weighted by Crippen LogP contribution is 2.23. The van der Waals surface area contributed by atoms with Crippen molar-refractivity contribution >= 4 is 5.91 Å². The van der Waals surface area contributed by atoms with Gasteiger partial charge in [0.2, 0.25) is 5.91 Å². The summed E-state index contributed by atoms with van der Waals surface area (Å²) in [7, 11) is 1.66. The van der Waals surface area contributed by atoms with Crippen molar-refractivity contribution in [1.82, 2.24) is 9.80 Å². The van der Waals surface area contributed by atoms with Crippen LogP contribution in [0.3, 0.4) is 0 Å². The highest BCUT2D eigenvalue weighted by molar-refractivity contribution is 5.73. The molecule has 110 valence electrons. The Labute approximate surface area is 120 Å². The predicted molar refractivity (Wildman–Crippen MR) is 78.6 cm³/mol. The van der Waals surface area contributed by atoms with Crippen LogP contribution < -0.4 is 10.5 Å². The van der Waals surface area contributed by atoms with Crippen LogP contribution in [0, 0.1) is 0 Å². The summed E-state index contributed by atoms with van der Waals surface area (Å²) in [5, 5.41) is 0. The van der Waals surface area contributed by atoms with E-state index in [4.69, 9.17) is 10.5 Å². The number of hydrogen-bond donors (Lipinski definition) is 1. The molecule has 1 aliphatic heterocycles. The maximum absolute atomic E-state index is 11.4.